The smallest absolute Gasteiger partial charge is 0.277 e. The first kappa shape index (κ1) is 15.5. The van der Waals surface area contributed by atoms with E-state index in [1.54, 1.807) is 30.5 Å². The predicted molar refractivity (Wildman–Crippen MR) is 86.8 cm³/mol. The Bertz CT molecular complexity index is 644. The predicted octanol–water partition coefficient (Wildman–Crippen LogP) is 3.63. The number of halogens is 2. The molecule has 0 bridgehead atoms. The molecule has 1 amide bonds. The monoisotopic (exact) mass is 366 g/mol. The molecule has 2 aromatic rings. The van der Waals surface area contributed by atoms with Crippen molar-refractivity contribution in [2.45, 2.75) is 0 Å². The molecule has 21 heavy (non-hydrogen) atoms. The molecule has 0 aliphatic rings. The Hall–Kier alpha value is -1.85. The lowest BCUT2D eigenvalue weighted by molar-refractivity contribution is -0.123. The quantitative estimate of drug-likeness (QED) is 0.648. The fourth-order valence-electron chi connectivity index (χ4n) is 1.47. The highest BCUT2D eigenvalue weighted by atomic mass is 79.9. The normalized spacial score (nSPS) is 10.6. The van der Waals surface area contributed by atoms with Crippen LogP contribution in [0.3, 0.4) is 0 Å². The molecule has 0 aliphatic carbocycles. The van der Waals surface area contributed by atoms with Crippen molar-refractivity contribution in [1.29, 1.82) is 0 Å². The van der Waals surface area contributed by atoms with E-state index in [4.69, 9.17) is 16.3 Å². The summed E-state index contributed by atoms with van der Waals surface area (Å²) >= 11 is 9.16. The molecule has 0 saturated carbocycles. The van der Waals surface area contributed by atoms with Crippen LogP contribution in [0.2, 0.25) is 5.02 Å². The molecule has 0 saturated heterocycles. The highest BCUT2D eigenvalue weighted by molar-refractivity contribution is 9.10. The van der Waals surface area contributed by atoms with E-state index < -0.39 is 0 Å². The summed E-state index contributed by atoms with van der Waals surface area (Å²) < 4.78 is 6.28. The second kappa shape index (κ2) is 7.81. The van der Waals surface area contributed by atoms with E-state index >= 15 is 0 Å². The number of hydrogen-bond acceptors (Lipinski definition) is 3. The third-order valence-electron chi connectivity index (χ3n) is 2.44. The first-order chi connectivity index (χ1) is 10.1. The van der Waals surface area contributed by atoms with Crippen LogP contribution < -0.4 is 10.2 Å². The number of hydrazone groups is 1. The molecule has 2 aromatic carbocycles. The molecular formula is C15H12BrClN2O2. The van der Waals surface area contributed by atoms with Crippen LogP contribution in [-0.2, 0) is 4.79 Å². The molecule has 0 unspecified atom stereocenters. The summed E-state index contributed by atoms with van der Waals surface area (Å²) in [5, 5.41) is 4.41. The molecule has 0 spiro atoms. The van der Waals surface area contributed by atoms with Crippen LogP contribution in [0.15, 0.2) is 58.1 Å². The second-order valence-corrected chi connectivity index (χ2v) is 5.44. The maximum atomic E-state index is 11.6. The first-order valence-electron chi connectivity index (χ1n) is 6.09. The van der Waals surface area contributed by atoms with Crippen LogP contribution in [-0.4, -0.2) is 18.7 Å². The van der Waals surface area contributed by atoms with Crippen molar-refractivity contribution in [3.63, 3.8) is 0 Å². The van der Waals surface area contributed by atoms with Crippen LogP contribution in [0.4, 0.5) is 0 Å². The minimum absolute atomic E-state index is 0.127. The standard InChI is InChI=1S/C15H12BrClN2O2/c16-12-6-4-11(5-7-12)9-18-19-15(20)10-21-14-3-1-2-13(17)8-14/h1-9H,10H2,(H,19,20)/b18-9+. The van der Waals surface area contributed by atoms with Crippen molar-refractivity contribution in [3.05, 3.63) is 63.6 Å². The van der Waals surface area contributed by atoms with Crippen LogP contribution >= 0.6 is 27.5 Å². The van der Waals surface area contributed by atoms with Gasteiger partial charge < -0.3 is 4.74 Å². The van der Waals surface area contributed by atoms with Gasteiger partial charge >= 0.3 is 0 Å². The zero-order valence-corrected chi connectivity index (χ0v) is 13.3. The third-order valence-corrected chi connectivity index (χ3v) is 3.20. The molecule has 4 nitrogen and oxygen atoms in total. The summed E-state index contributed by atoms with van der Waals surface area (Å²) in [7, 11) is 0. The first-order valence-corrected chi connectivity index (χ1v) is 7.26. The molecule has 1 N–H and O–H groups in total. The summed E-state index contributed by atoms with van der Waals surface area (Å²) in [5.74, 6) is 0.192. The van der Waals surface area contributed by atoms with Crippen molar-refractivity contribution in [2.24, 2.45) is 5.10 Å². The zero-order chi connectivity index (χ0) is 15.1. The Labute approximate surface area is 135 Å². The Kier molecular flexibility index (Phi) is 5.78. The average molecular weight is 368 g/mol. The molecule has 6 heteroatoms. The van der Waals surface area contributed by atoms with Gasteiger partial charge in [0.1, 0.15) is 5.75 Å². The summed E-state index contributed by atoms with van der Waals surface area (Å²) in [4.78, 5) is 11.6. The minimum atomic E-state index is -0.344. The molecule has 0 heterocycles. The fraction of sp³-hybridized carbons (Fsp3) is 0.0667. The second-order valence-electron chi connectivity index (χ2n) is 4.09. The van der Waals surface area contributed by atoms with E-state index in [1.165, 1.54) is 0 Å². The lowest BCUT2D eigenvalue weighted by Crippen LogP contribution is -2.24. The Morgan fingerprint density at radius 1 is 1.29 bits per heavy atom. The largest absolute Gasteiger partial charge is 0.484 e. The van der Waals surface area contributed by atoms with Crippen molar-refractivity contribution < 1.29 is 9.53 Å². The third kappa shape index (κ3) is 5.57. The van der Waals surface area contributed by atoms with E-state index in [-0.39, 0.29) is 12.5 Å². The van der Waals surface area contributed by atoms with E-state index in [1.807, 2.05) is 24.3 Å². The molecule has 0 aromatic heterocycles. The lowest BCUT2D eigenvalue weighted by atomic mass is 10.2. The van der Waals surface area contributed by atoms with Crippen molar-refractivity contribution in [2.75, 3.05) is 6.61 Å². The molecular weight excluding hydrogens is 356 g/mol. The van der Waals surface area contributed by atoms with Gasteiger partial charge in [-0.3, -0.25) is 4.79 Å². The van der Waals surface area contributed by atoms with Crippen LogP contribution in [0, 0.1) is 0 Å². The van der Waals surface area contributed by atoms with Crippen molar-refractivity contribution in [1.82, 2.24) is 5.43 Å². The van der Waals surface area contributed by atoms with Gasteiger partial charge in [0.15, 0.2) is 6.61 Å². The highest BCUT2D eigenvalue weighted by Crippen LogP contribution is 2.16. The summed E-state index contributed by atoms with van der Waals surface area (Å²) in [6, 6.07) is 14.4. The molecule has 0 radical (unpaired) electrons. The number of hydrogen-bond donors (Lipinski definition) is 1. The van der Waals surface area contributed by atoms with Gasteiger partial charge in [-0.05, 0) is 35.9 Å². The van der Waals surface area contributed by atoms with Gasteiger partial charge in [0.2, 0.25) is 0 Å². The number of carbonyl (C=O) groups excluding carboxylic acids is 1. The number of amides is 1. The van der Waals surface area contributed by atoms with E-state index in [2.05, 4.69) is 26.5 Å². The average Bonchev–Trinajstić information content (AvgIpc) is 2.47. The van der Waals surface area contributed by atoms with Crippen molar-refractivity contribution >= 4 is 39.7 Å². The number of benzene rings is 2. The summed E-state index contributed by atoms with van der Waals surface area (Å²) in [6.45, 7) is -0.127. The number of carbonyl (C=O) groups is 1. The van der Waals surface area contributed by atoms with E-state index in [0.29, 0.717) is 10.8 Å². The lowest BCUT2D eigenvalue weighted by Gasteiger charge is -2.04. The van der Waals surface area contributed by atoms with Gasteiger partial charge in [0.05, 0.1) is 6.21 Å². The molecule has 0 fully saturated rings. The molecule has 0 aliphatic heterocycles. The topological polar surface area (TPSA) is 50.7 Å². The molecule has 0 atom stereocenters. The minimum Gasteiger partial charge on any atom is -0.484 e. The maximum Gasteiger partial charge on any atom is 0.277 e. The Morgan fingerprint density at radius 3 is 2.76 bits per heavy atom. The van der Waals surface area contributed by atoms with E-state index in [9.17, 15) is 4.79 Å². The summed E-state index contributed by atoms with van der Waals surface area (Å²) in [6.07, 6.45) is 1.56. The van der Waals surface area contributed by atoms with Crippen LogP contribution in [0.1, 0.15) is 5.56 Å². The molecule has 108 valence electrons. The van der Waals surface area contributed by atoms with Gasteiger partial charge in [0.25, 0.3) is 5.91 Å². The Morgan fingerprint density at radius 2 is 2.05 bits per heavy atom. The fourth-order valence-corrected chi connectivity index (χ4v) is 1.91. The number of nitrogens with one attached hydrogen (secondary N) is 1. The van der Waals surface area contributed by atoms with Gasteiger partial charge in [-0.25, -0.2) is 5.43 Å². The number of ether oxygens (including phenoxy) is 1. The van der Waals surface area contributed by atoms with E-state index in [0.717, 1.165) is 10.0 Å². The van der Waals surface area contributed by atoms with Gasteiger partial charge in [-0.1, -0.05) is 45.7 Å². The van der Waals surface area contributed by atoms with Gasteiger partial charge in [0, 0.05) is 9.50 Å². The van der Waals surface area contributed by atoms with Crippen molar-refractivity contribution in [3.8, 4) is 5.75 Å². The highest BCUT2D eigenvalue weighted by Gasteiger charge is 2.01. The molecule has 2 rings (SSSR count). The zero-order valence-electron chi connectivity index (χ0n) is 10.9. The number of nitrogens with zero attached hydrogens (tertiary/aromatic N) is 1. The SMILES string of the molecule is O=C(COc1cccc(Cl)c1)N/N=C/c1ccc(Br)cc1. The summed E-state index contributed by atoms with van der Waals surface area (Å²) in [5.41, 5.74) is 3.27. The Balaban J connectivity index is 1.78. The van der Waals surface area contributed by atoms with Crippen LogP contribution in [0.25, 0.3) is 0 Å². The maximum absolute atomic E-state index is 11.6. The van der Waals surface area contributed by atoms with Gasteiger partial charge in [-0.15, -0.1) is 0 Å². The number of rotatable bonds is 5. The van der Waals surface area contributed by atoms with Crippen LogP contribution in [0.5, 0.6) is 5.75 Å². The van der Waals surface area contributed by atoms with Gasteiger partial charge in [-0.2, -0.15) is 5.10 Å².